The Morgan fingerprint density at radius 2 is 1.96 bits per heavy atom. The van der Waals surface area contributed by atoms with Crippen LogP contribution in [-0.4, -0.2) is 27.5 Å². The second-order valence-corrected chi connectivity index (χ2v) is 7.09. The van der Waals surface area contributed by atoms with E-state index in [4.69, 9.17) is 10.8 Å². The van der Waals surface area contributed by atoms with Gasteiger partial charge in [0, 0.05) is 18.4 Å². The number of rotatable bonds is 6. The van der Waals surface area contributed by atoms with Crippen LogP contribution in [-0.2, 0) is 12.8 Å². The lowest BCUT2D eigenvalue weighted by molar-refractivity contribution is -0.137. The Morgan fingerprint density at radius 3 is 2.54 bits per heavy atom. The van der Waals surface area contributed by atoms with E-state index in [-0.39, 0.29) is 18.8 Å². The molecule has 0 aliphatic carbocycles. The van der Waals surface area contributed by atoms with E-state index in [1.807, 2.05) is 0 Å². The highest BCUT2D eigenvalue weighted by Gasteiger charge is 2.30. The van der Waals surface area contributed by atoms with Gasteiger partial charge in [-0.3, -0.25) is 4.79 Å². The summed E-state index contributed by atoms with van der Waals surface area (Å²) in [4.78, 5) is 20.2. The number of alkyl halides is 3. The van der Waals surface area contributed by atoms with E-state index < -0.39 is 23.7 Å². The lowest BCUT2D eigenvalue weighted by Gasteiger charge is -2.13. The fourth-order valence-electron chi connectivity index (χ4n) is 2.55. The van der Waals surface area contributed by atoms with Crippen LogP contribution in [0.2, 0.25) is 0 Å². The topological polar surface area (TPSA) is 104 Å². The highest BCUT2D eigenvalue weighted by molar-refractivity contribution is 7.11. The van der Waals surface area contributed by atoms with Gasteiger partial charge in [-0.1, -0.05) is 12.1 Å². The van der Waals surface area contributed by atoms with Gasteiger partial charge in [-0.2, -0.15) is 13.2 Å². The molecule has 0 saturated carbocycles. The molecule has 0 bridgehead atoms. The Hall–Kier alpha value is -2.69. The molecule has 6 nitrogen and oxygen atoms in total. The van der Waals surface area contributed by atoms with Gasteiger partial charge in [0.05, 0.1) is 23.1 Å². The summed E-state index contributed by atoms with van der Waals surface area (Å²) in [5.74, 6) is -0.422. The minimum atomic E-state index is -4.40. The molecule has 28 heavy (non-hydrogen) atoms. The Kier molecular flexibility index (Phi) is 5.82. The van der Waals surface area contributed by atoms with Gasteiger partial charge in [0.15, 0.2) is 0 Å². The average molecular weight is 410 g/mol. The Labute approximate surface area is 162 Å². The van der Waals surface area contributed by atoms with Crippen LogP contribution in [0.1, 0.15) is 32.0 Å². The minimum Gasteiger partial charge on any atom is -0.391 e. The van der Waals surface area contributed by atoms with E-state index in [9.17, 15) is 18.0 Å². The number of carbonyl (C=O) groups excluding carboxylic acids is 1. The van der Waals surface area contributed by atoms with Crippen molar-refractivity contribution in [3.8, 4) is 11.3 Å². The van der Waals surface area contributed by atoms with Crippen LogP contribution in [0.5, 0.6) is 0 Å². The molecule has 0 fully saturated rings. The number of nitrogens with one attached hydrogen (secondary N) is 2. The maximum atomic E-state index is 12.7. The van der Waals surface area contributed by atoms with Gasteiger partial charge in [0.1, 0.15) is 10.7 Å². The maximum Gasteiger partial charge on any atom is 0.416 e. The van der Waals surface area contributed by atoms with Crippen molar-refractivity contribution in [2.45, 2.75) is 18.8 Å². The molecule has 2 aromatic heterocycles. The van der Waals surface area contributed by atoms with E-state index in [2.05, 4.69) is 15.3 Å². The summed E-state index contributed by atoms with van der Waals surface area (Å²) < 4.78 is 38.0. The Morgan fingerprint density at radius 1 is 1.25 bits per heavy atom. The van der Waals surface area contributed by atoms with Crippen molar-refractivity contribution in [3.63, 3.8) is 0 Å². The average Bonchev–Trinajstić information content (AvgIpc) is 3.35. The van der Waals surface area contributed by atoms with Crippen molar-refractivity contribution in [1.29, 1.82) is 0 Å². The Bertz CT molecular complexity index is 950. The van der Waals surface area contributed by atoms with Crippen LogP contribution in [0.25, 0.3) is 11.3 Å². The van der Waals surface area contributed by atoms with E-state index in [0.717, 1.165) is 12.1 Å². The van der Waals surface area contributed by atoms with Gasteiger partial charge in [0.2, 0.25) is 0 Å². The molecule has 5 N–H and O–H groups in total. The maximum absolute atomic E-state index is 12.7. The third kappa shape index (κ3) is 4.41. The number of nitrogens with two attached hydrogens (primary N) is 1. The summed E-state index contributed by atoms with van der Waals surface area (Å²) in [5.41, 5.74) is 6.26. The zero-order valence-electron chi connectivity index (χ0n) is 14.5. The largest absolute Gasteiger partial charge is 0.416 e. The summed E-state index contributed by atoms with van der Waals surface area (Å²) in [7, 11) is 0. The molecule has 10 heteroatoms. The third-order valence-electron chi connectivity index (χ3n) is 4.02. The first kappa shape index (κ1) is 20.1. The first-order valence-corrected chi connectivity index (χ1v) is 9.06. The molecule has 0 aliphatic rings. The Balaban J connectivity index is 1.72. The van der Waals surface area contributed by atoms with Gasteiger partial charge in [-0.25, -0.2) is 4.98 Å². The lowest BCUT2D eigenvalue weighted by Crippen LogP contribution is -2.33. The summed E-state index contributed by atoms with van der Waals surface area (Å²) in [6, 6.07) is 7.29. The number of aliphatic hydroxyl groups excluding tert-OH is 1. The van der Waals surface area contributed by atoms with Gasteiger partial charge >= 0.3 is 6.18 Å². The molecule has 0 spiro atoms. The number of thiazole rings is 1. The second kappa shape index (κ2) is 8.13. The van der Waals surface area contributed by atoms with Gasteiger partial charge in [-0.05, 0) is 29.8 Å². The number of hydrogen-bond acceptors (Lipinski definition) is 5. The summed E-state index contributed by atoms with van der Waals surface area (Å²) >= 11 is 1.25. The molecule has 0 aliphatic heterocycles. The number of benzene rings is 1. The standard InChI is InChI=1S/C18H17F3N4O2S/c19-18(20,21)11-3-1-10(2-4-11)13-5-6-14(24-13)16(27)25-15(7-22)17-23-8-12(9-26)28-17/h1-6,8,15,24,26H,7,9,22H2,(H,25,27)/t15-/m0/s1. The van der Waals surface area contributed by atoms with Gasteiger partial charge in [0.25, 0.3) is 5.91 Å². The summed E-state index contributed by atoms with van der Waals surface area (Å²) in [6.07, 6.45) is -2.88. The van der Waals surface area contributed by atoms with Crippen LogP contribution in [0.4, 0.5) is 13.2 Å². The number of aromatic nitrogens is 2. The molecule has 3 rings (SSSR count). The zero-order chi connectivity index (χ0) is 20.3. The molecule has 0 radical (unpaired) electrons. The number of carbonyl (C=O) groups is 1. The lowest BCUT2D eigenvalue weighted by atomic mass is 10.1. The molecular weight excluding hydrogens is 393 g/mol. The molecule has 2 heterocycles. The fraction of sp³-hybridized carbons (Fsp3) is 0.222. The van der Waals surface area contributed by atoms with Crippen molar-refractivity contribution in [2.75, 3.05) is 6.54 Å². The monoisotopic (exact) mass is 410 g/mol. The molecule has 0 unspecified atom stereocenters. The van der Waals surface area contributed by atoms with Crippen LogP contribution in [0.3, 0.4) is 0 Å². The molecule has 0 saturated heterocycles. The number of amides is 1. The van der Waals surface area contributed by atoms with Crippen molar-refractivity contribution in [3.05, 3.63) is 63.7 Å². The number of hydrogen-bond donors (Lipinski definition) is 4. The van der Waals surface area contributed by atoms with Crippen LogP contribution in [0, 0.1) is 0 Å². The number of aliphatic hydroxyl groups is 1. The van der Waals surface area contributed by atoms with E-state index >= 15 is 0 Å². The van der Waals surface area contributed by atoms with Crippen LogP contribution < -0.4 is 11.1 Å². The van der Waals surface area contributed by atoms with E-state index in [0.29, 0.717) is 21.1 Å². The van der Waals surface area contributed by atoms with Gasteiger partial charge in [-0.15, -0.1) is 11.3 Å². The second-order valence-electron chi connectivity index (χ2n) is 5.95. The van der Waals surface area contributed by atoms with Crippen LogP contribution >= 0.6 is 11.3 Å². The normalized spacial score (nSPS) is 12.8. The van der Waals surface area contributed by atoms with E-state index in [1.54, 1.807) is 6.07 Å². The fourth-order valence-corrected chi connectivity index (χ4v) is 3.39. The van der Waals surface area contributed by atoms with Gasteiger partial charge < -0.3 is 21.1 Å². The molecular formula is C18H17F3N4O2S. The number of nitrogens with zero attached hydrogens (tertiary/aromatic N) is 1. The number of aromatic amines is 1. The third-order valence-corrected chi connectivity index (χ3v) is 5.12. The van der Waals surface area contributed by atoms with Crippen molar-refractivity contribution < 1.29 is 23.1 Å². The number of H-pyrrole nitrogens is 1. The zero-order valence-corrected chi connectivity index (χ0v) is 15.3. The molecule has 1 amide bonds. The highest BCUT2D eigenvalue weighted by atomic mass is 32.1. The molecule has 148 valence electrons. The molecule has 3 aromatic rings. The van der Waals surface area contributed by atoms with E-state index in [1.165, 1.54) is 35.7 Å². The summed E-state index contributed by atoms with van der Waals surface area (Å²) in [5, 5.41) is 12.5. The minimum absolute atomic E-state index is 0.122. The van der Waals surface area contributed by atoms with Crippen LogP contribution in [0.15, 0.2) is 42.6 Å². The van der Waals surface area contributed by atoms with Crippen molar-refractivity contribution in [2.24, 2.45) is 5.73 Å². The quantitative estimate of drug-likeness (QED) is 0.501. The predicted molar refractivity (Wildman–Crippen MR) is 98.5 cm³/mol. The van der Waals surface area contributed by atoms with Crippen molar-refractivity contribution >= 4 is 17.2 Å². The smallest absolute Gasteiger partial charge is 0.391 e. The molecule has 1 atom stereocenters. The number of halogens is 3. The van der Waals surface area contributed by atoms with Crippen molar-refractivity contribution in [1.82, 2.24) is 15.3 Å². The SMILES string of the molecule is NC[C@H](NC(=O)c1ccc(-c2ccc(C(F)(F)F)cc2)[nH]1)c1ncc(CO)s1. The predicted octanol–water partition coefficient (Wildman–Crippen LogP) is 3.08. The highest BCUT2D eigenvalue weighted by Crippen LogP contribution is 2.30. The molecule has 1 aromatic carbocycles. The first-order valence-electron chi connectivity index (χ1n) is 8.25. The first-order chi connectivity index (χ1) is 13.3. The summed E-state index contributed by atoms with van der Waals surface area (Å²) in [6.45, 7) is -0.0212.